The Hall–Kier alpha value is -3.00. The Morgan fingerprint density at radius 1 is 1.18 bits per heavy atom. The fourth-order valence-electron chi connectivity index (χ4n) is 2.03. The number of amides is 2. The van der Waals surface area contributed by atoms with Gasteiger partial charge in [0.2, 0.25) is 0 Å². The Labute approximate surface area is 129 Å². The third kappa shape index (κ3) is 3.76. The molecule has 0 aliphatic carbocycles. The van der Waals surface area contributed by atoms with Gasteiger partial charge in [-0.05, 0) is 36.8 Å². The molecule has 112 valence electrons. The number of nitriles is 1. The summed E-state index contributed by atoms with van der Waals surface area (Å²) in [5.41, 5.74) is 2.12. The number of methoxy groups -OCH3 is 1. The minimum atomic E-state index is -0.318. The van der Waals surface area contributed by atoms with Gasteiger partial charge >= 0.3 is 6.03 Å². The monoisotopic (exact) mass is 295 g/mol. The predicted octanol–water partition coefficient (Wildman–Crippen LogP) is 3.45. The van der Waals surface area contributed by atoms with Crippen LogP contribution in [0, 0.1) is 11.3 Å². The van der Waals surface area contributed by atoms with Gasteiger partial charge in [-0.25, -0.2) is 4.79 Å². The van der Waals surface area contributed by atoms with Gasteiger partial charge in [0.05, 0.1) is 30.5 Å². The fourth-order valence-corrected chi connectivity index (χ4v) is 2.03. The van der Waals surface area contributed by atoms with Gasteiger partial charge in [-0.3, -0.25) is 0 Å². The van der Waals surface area contributed by atoms with Crippen molar-refractivity contribution in [2.45, 2.75) is 13.0 Å². The molecule has 1 atom stereocenters. The number of carbonyl (C=O) groups is 1. The van der Waals surface area contributed by atoms with Crippen LogP contribution in [-0.4, -0.2) is 13.1 Å². The van der Waals surface area contributed by atoms with Crippen molar-refractivity contribution >= 4 is 11.7 Å². The van der Waals surface area contributed by atoms with Gasteiger partial charge in [-0.1, -0.05) is 24.3 Å². The van der Waals surface area contributed by atoms with Gasteiger partial charge in [0.1, 0.15) is 5.75 Å². The van der Waals surface area contributed by atoms with Gasteiger partial charge in [0.25, 0.3) is 0 Å². The summed E-state index contributed by atoms with van der Waals surface area (Å²) in [7, 11) is 1.55. The van der Waals surface area contributed by atoms with Crippen LogP contribution in [0.2, 0.25) is 0 Å². The second-order valence-corrected chi connectivity index (χ2v) is 4.75. The van der Waals surface area contributed by atoms with E-state index in [9.17, 15) is 4.79 Å². The molecule has 0 bridgehead atoms. The summed E-state index contributed by atoms with van der Waals surface area (Å²) in [5.74, 6) is 0.601. The van der Waals surface area contributed by atoms with Gasteiger partial charge in [-0.15, -0.1) is 0 Å². The number of hydrogen-bond donors (Lipinski definition) is 2. The lowest BCUT2D eigenvalue weighted by Gasteiger charge is -2.16. The molecule has 0 radical (unpaired) electrons. The zero-order valence-electron chi connectivity index (χ0n) is 12.5. The van der Waals surface area contributed by atoms with Crippen LogP contribution in [0.1, 0.15) is 24.1 Å². The Morgan fingerprint density at radius 2 is 1.86 bits per heavy atom. The van der Waals surface area contributed by atoms with E-state index in [1.165, 1.54) is 0 Å². The van der Waals surface area contributed by atoms with E-state index in [0.29, 0.717) is 17.0 Å². The van der Waals surface area contributed by atoms with Crippen LogP contribution in [0.5, 0.6) is 5.75 Å². The van der Waals surface area contributed by atoms with Crippen LogP contribution in [-0.2, 0) is 0 Å². The van der Waals surface area contributed by atoms with E-state index >= 15 is 0 Å². The van der Waals surface area contributed by atoms with Crippen molar-refractivity contribution in [1.82, 2.24) is 5.32 Å². The van der Waals surface area contributed by atoms with Crippen molar-refractivity contribution in [1.29, 1.82) is 5.26 Å². The molecular formula is C17H17N3O2. The largest absolute Gasteiger partial charge is 0.495 e. The van der Waals surface area contributed by atoms with Gasteiger partial charge in [0.15, 0.2) is 0 Å². The number of para-hydroxylation sites is 2. The van der Waals surface area contributed by atoms with E-state index in [4.69, 9.17) is 10.00 Å². The molecule has 0 aromatic heterocycles. The molecule has 5 heteroatoms. The molecule has 0 aliphatic heterocycles. The van der Waals surface area contributed by atoms with Crippen molar-refractivity contribution in [3.05, 3.63) is 59.7 Å². The van der Waals surface area contributed by atoms with Gasteiger partial charge in [0, 0.05) is 0 Å². The normalized spacial score (nSPS) is 11.1. The maximum absolute atomic E-state index is 12.1. The number of nitrogens with one attached hydrogen (secondary N) is 2. The van der Waals surface area contributed by atoms with E-state index in [0.717, 1.165) is 5.56 Å². The average Bonchev–Trinajstić information content (AvgIpc) is 2.55. The molecule has 2 aromatic carbocycles. The number of hydrogen-bond acceptors (Lipinski definition) is 3. The molecular weight excluding hydrogens is 278 g/mol. The Bertz CT molecular complexity index is 690. The summed E-state index contributed by atoms with van der Waals surface area (Å²) in [4.78, 5) is 12.1. The zero-order chi connectivity index (χ0) is 15.9. The molecule has 2 N–H and O–H groups in total. The van der Waals surface area contributed by atoms with Crippen LogP contribution < -0.4 is 15.4 Å². The number of nitrogens with zero attached hydrogens (tertiary/aromatic N) is 1. The number of ether oxygens (including phenoxy) is 1. The summed E-state index contributed by atoms with van der Waals surface area (Å²) in [6, 6.07) is 15.9. The molecule has 0 heterocycles. The topological polar surface area (TPSA) is 74.2 Å². The molecule has 0 fully saturated rings. The highest BCUT2D eigenvalue weighted by molar-refractivity contribution is 5.91. The molecule has 1 unspecified atom stereocenters. The molecule has 0 spiro atoms. The lowest BCUT2D eigenvalue weighted by Crippen LogP contribution is -2.31. The summed E-state index contributed by atoms with van der Waals surface area (Å²) in [5, 5.41) is 14.4. The average molecular weight is 295 g/mol. The van der Waals surface area contributed by atoms with Crippen molar-refractivity contribution < 1.29 is 9.53 Å². The first-order valence-electron chi connectivity index (χ1n) is 6.84. The second-order valence-electron chi connectivity index (χ2n) is 4.75. The van der Waals surface area contributed by atoms with Crippen molar-refractivity contribution in [2.75, 3.05) is 12.4 Å². The Kier molecular flexibility index (Phi) is 4.99. The van der Waals surface area contributed by atoms with Crippen LogP contribution in [0.25, 0.3) is 0 Å². The molecule has 0 saturated carbocycles. The van der Waals surface area contributed by atoms with Gasteiger partial charge in [-0.2, -0.15) is 5.26 Å². The first kappa shape index (κ1) is 15.4. The van der Waals surface area contributed by atoms with Crippen molar-refractivity contribution in [3.63, 3.8) is 0 Å². The maximum atomic E-state index is 12.1. The van der Waals surface area contributed by atoms with Crippen molar-refractivity contribution in [3.8, 4) is 11.8 Å². The molecule has 2 amide bonds. The zero-order valence-corrected chi connectivity index (χ0v) is 12.5. The number of urea groups is 1. The summed E-state index contributed by atoms with van der Waals surface area (Å²) in [6.45, 7) is 1.88. The summed E-state index contributed by atoms with van der Waals surface area (Å²) >= 11 is 0. The van der Waals surface area contributed by atoms with Crippen LogP contribution in [0.4, 0.5) is 10.5 Å². The quantitative estimate of drug-likeness (QED) is 0.907. The van der Waals surface area contributed by atoms with E-state index in [2.05, 4.69) is 16.7 Å². The summed E-state index contributed by atoms with van der Waals surface area (Å²) < 4.78 is 5.19. The standard InChI is InChI=1S/C17H17N3O2/c1-12(14-9-7-13(11-18)8-10-14)19-17(21)20-15-5-3-4-6-16(15)22-2/h3-10,12H,1-2H3,(H2,19,20,21). The van der Waals surface area contributed by atoms with Crippen LogP contribution in [0.15, 0.2) is 48.5 Å². The minimum Gasteiger partial charge on any atom is -0.495 e. The number of anilines is 1. The number of benzene rings is 2. The third-order valence-corrected chi connectivity index (χ3v) is 3.24. The van der Waals surface area contributed by atoms with Crippen molar-refractivity contribution in [2.24, 2.45) is 0 Å². The first-order valence-corrected chi connectivity index (χ1v) is 6.84. The first-order chi connectivity index (χ1) is 10.6. The Morgan fingerprint density at radius 3 is 2.50 bits per heavy atom. The fraction of sp³-hybridized carbons (Fsp3) is 0.176. The van der Waals surface area contributed by atoms with Crippen LogP contribution >= 0.6 is 0 Å². The maximum Gasteiger partial charge on any atom is 0.319 e. The predicted molar refractivity (Wildman–Crippen MR) is 84.7 cm³/mol. The lowest BCUT2D eigenvalue weighted by molar-refractivity contribution is 0.249. The van der Waals surface area contributed by atoms with Crippen LogP contribution in [0.3, 0.4) is 0 Å². The molecule has 0 aliphatic rings. The lowest BCUT2D eigenvalue weighted by atomic mass is 10.1. The second kappa shape index (κ2) is 7.14. The minimum absolute atomic E-state index is 0.178. The highest BCUT2D eigenvalue weighted by atomic mass is 16.5. The Balaban J connectivity index is 2.00. The third-order valence-electron chi connectivity index (χ3n) is 3.24. The highest BCUT2D eigenvalue weighted by Gasteiger charge is 2.11. The molecule has 5 nitrogen and oxygen atoms in total. The highest BCUT2D eigenvalue weighted by Crippen LogP contribution is 2.23. The summed E-state index contributed by atoms with van der Waals surface area (Å²) in [6.07, 6.45) is 0. The number of rotatable bonds is 4. The smallest absolute Gasteiger partial charge is 0.319 e. The molecule has 2 rings (SSSR count). The van der Waals surface area contributed by atoms with E-state index < -0.39 is 0 Å². The van der Waals surface area contributed by atoms with E-state index in [-0.39, 0.29) is 12.1 Å². The molecule has 0 saturated heterocycles. The number of carbonyl (C=O) groups excluding carboxylic acids is 1. The molecule has 22 heavy (non-hydrogen) atoms. The van der Waals surface area contributed by atoms with E-state index in [1.807, 2.05) is 31.2 Å². The van der Waals surface area contributed by atoms with E-state index in [1.54, 1.807) is 31.4 Å². The van der Waals surface area contributed by atoms with Gasteiger partial charge < -0.3 is 15.4 Å². The molecule has 2 aromatic rings. The SMILES string of the molecule is COc1ccccc1NC(=O)NC(C)c1ccc(C#N)cc1.